The van der Waals surface area contributed by atoms with Gasteiger partial charge < -0.3 is 14.9 Å². The quantitative estimate of drug-likeness (QED) is 0.292. The molecule has 2 saturated carbocycles. The van der Waals surface area contributed by atoms with Crippen molar-refractivity contribution in [2.45, 2.75) is 125 Å². The zero-order valence-electron chi connectivity index (χ0n) is 24.4. The van der Waals surface area contributed by atoms with E-state index in [9.17, 15) is 19.8 Å². The Kier molecular flexibility index (Phi) is 7.32. The molecule has 0 aromatic rings. The average molecular weight is 515 g/mol. The number of esters is 1. The minimum absolute atomic E-state index is 0.0514. The van der Waals surface area contributed by atoms with Gasteiger partial charge in [-0.2, -0.15) is 0 Å². The normalized spacial score (nSPS) is 41.2. The number of rotatable bonds is 6. The van der Waals surface area contributed by atoms with Crippen LogP contribution in [-0.4, -0.2) is 34.4 Å². The second-order valence-corrected chi connectivity index (χ2v) is 14.3. The maximum absolute atomic E-state index is 12.5. The van der Waals surface area contributed by atoms with E-state index in [1.54, 1.807) is 5.57 Å². The number of carbonyl (C=O) groups excluding carboxylic acids is 1. The molecule has 8 atom stereocenters. The minimum atomic E-state index is -0.766. The second-order valence-electron chi connectivity index (χ2n) is 14.3. The highest BCUT2D eigenvalue weighted by molar-refractivity contribution is 5.71. The summed E-state index contributed by atoms with van der Waals surface area (Å²) in [5.41, 5.74) is 3.80. The molecular weight excluding hydrogens is 464 g/mol. The van der Waals surface area contributed by atoms with Crippen molar-refractivity contribution in [1.29, 1.82) is 0 Å². The Morgan fingerprint density at radius 1 is 1.03 bits per heavy atom. The molecule has 4 rings (SSSR count). The highest BCUT2D eigenvalue weighted by Crippen LogP contribution is 2.72. The molecule has 0 aromatic heterocycles. The van der Waals surface area contributed by atoms with Gasteiger partial charge in [-0.1, -0.05) is 57.4 Å². The van der Waals surface area contributed by atoms with Crippen molar-refractivity contribution >= 4 is 11.9 Å². The van der Waals surface area contributed by atoms with E-state index in [-0.39, 0.29) is 39.7 Å². The number of allylic oxidation sites excluding steroid dienone is 4. The average Bonchev–Trinajstić information content (AvgIpc) is 2.98. The SMILES string of the molecule is CC(=O)O[C@@H]1CC[C@@]2(C)C3=C(CC[C@@H]2C1(C)C)[C@@]1(C)C[C@H](O)C([C@H](CCC=C(C)C)C(=O)O)[C@]1(C)CC3. The zero-order valence-corrected chi connectivity index (χ0v) is 24.4. The Balaban J connectivity index is 1.71. The molecule has 5 heteroatoms. The molecule has 4 aliphatic rings. The smallest absolute Gasteiger partial charge is 0.306 e. The first kappa shape index (κ1) is 28.4. The maximum Gasteiger partial charge on any atom is 0.306 e. The summed E-state index contributed by atoms with van der Waals surface area (Å²) < 4.78 is 5.82. The van der Waals surface area contributed by atoms with Crippen molar-refractivity contribution in [1.82, 2.24) is 0 Å². The van der Waals surface area contributed by atoms with Crippen LogP contribution in [0, 0.1) is 39.4 Å². The first-order chi connectivity index (χ1) is 17.1. The lowest BCUT2D eigenvalue weighted by Gasteiger charge is -2.62. The molecule has 0 saturated heterocycles. The third-order valence-electron chi connectivity index (χ3n) is 11.8. The summed E-state index contributed by atoms with van der Waals surface area (Å²) in [5.74, 6) is -1.30. The van der Waals surface area contributed by atoms with Gasteiger partial charge in [-0.3, -0.25) is 9.59 Å². The van der Waals surface area contributed by atoms with Crippen LogP contribution in [0.5, 0.6) is 0 Å². The molecule has 2 fully saturated rings. The number of aliphatic carboxylic acids is 1. The molecule has 0 spiro atoms. The fourth-order valence-electron chi connectivity index (χ4n) is 9.90. The van der Waals surface area contributed by atoms with E-state index >= 15 is 0 Å². The second kappa shape index (κ2) is 9.54. The van der Waals surface area contributed by atoms with Crippen LogP contribution in [0.2, 0.25) is 0 Å². The Hall–Kier alpha value is -1.62. The van der Waals surface area contributed by atoms with Gasteiger partial charge in [0.15, 0.2) is 0 Å². The number of hydrogen-bond acceptors (Lipinski definition) is 4. The van der Waals surface area contributed by atoms with E-state index in [0.29, 0.717) is 18.8 Å². The molecule has 2 N–H and O–H groups in total. The van der Waals surface area contributed by atoms with E-state index in [4.69, 9.17) is 4.74 Å². The van der Waals surface area contributed by atoms with Gasteiger partial charge in [0, 0.05) is 18.3 Å². The predicted molar refractivity (Wildman–Crippen MR) is 146 cm³/mol. The zero-order chi connectivity index (χ0) is 27.6. The fourth-order valence-corrected chi connectivity index (χ4v) is 9.90. The van der Waals surface area contributed by atoms with Crippen LogP contribution in [0.4, 0.5) is 0 Å². The Labute approximate surface area is 224 Å². The van der Waals surface area contributed by atoms with E-state index < -0.39 is 18.0 Å². The van der Waals surface area contributed by atoms with Crippen LogP contribution in [0.1, 0.15) is 113 Å². The highest BCUT2D eigenvalue weighted by Gasteiger charge is 2.66. The van der Waals surface area contributed by atoms with Crippen molar-refractivity contribution in [3.8, 4) is 0 Å². The predicted octanol–water partition coefficient (Wildman–Crippen LogP) is 7.09. The molecular formula is C32H50O5. The number of carboxylic acid groups (broad SMARTS) is 1. The number of aliphatic hydroxyl groups is 1. The molecule has 0 aliphatic heterocycles. The lowest BCUT2D eigenvalue weighted by molar-refractivity contribution is -0.167. The van der Waals surface area contributed by atoms with Crippen LogP contribution in [0.15, 0.2) is 22.8 Å². The summed E-state index contributed by atoms with van der Waals surface area (Å²) in [6.45, 7) is 17.2. The number of aliphatic hydroxyl groups excluding tert-OH is 1. The summed E-state index contributed by atoms with van der Waals surface area (Å²) in [6, 6.07) is 0. The number of hydrogen-bond donors (Lipinski definition) is 2. The molecule has 5 nitrogen and oxygen atoms in total. The summed E-state index contributed by atoms with van der Waals surface area (Å²) in [6.07, 6.45) is 9.27. The van der Waals surface area contributed by atoms with Gasteiger partial charge in [-0.05, 0) is 93.8 Å². The molecule has 37 heavy (non-hydrogen) atoms. The van der Waals surface area contributed by atoms with Crippen molar-refractivity contribution in [3.63, 3.8) is 0 Å². The third-order valence-corrected chi connectivity index (χ3v) is 11.8. The summed E-state index contributed by atoms with van der Waals surface area (Å²) in [4.78, 5) is 24.4. The van der Waals surface area contributed by atoms with Gasteiger partial charge in [0.25, 0.3) is 0 Å². The monoisotopic (exact) mass is 514 g/mol. The summed E-state index contributed by atoms with van der Waals surface area (Å²) in [5, 5.41) is 21.8. The lowest BCUT2D eigenvalue weighted by atomic mass is 9.43. The number of fused-ring (bicyclic) bond motifs is 4. The van der Waals surface area contributed by atoms with Crippen molar-refractivity contribution in [2.24, 2.45) is 39.4 Å². The van der Waals surface area contributed by atoms with Gasteiger partial charge in [0.05, 0.1) is 12.0 Å². The van der Waals surface area contributed by atoms with E-state index in [2.05, 4.69) is 40.7 Å². The van der Waals surface area contributed by atoms with Gasteiger partial charge in [0.1, 0.15) is 6.10 Å². The van der Waals surface area contributed by atoms with Crippen LogP contribution in [0.25, 0.3) is 0 Å². The molecule has 0 amide bonds. The fraction of sp³-hybridized carbons (Fsp3) is 0.812. The third kappa shape index (κ3) is 4.32. The summed E-state index contributed by atoms with van der Waals surface area (Å²) >= 11 is 0. The summed E-state index contributed by atoms with van der Waals surface area (Å²) in [7, 11) is 0. The van der Waals surface area contributed by atoms with Crippen LogP contribution >= 0.6 is 0 Å². The topological polar surface area (TPSA) is 83.8 Å². The Bertz CT molecular complexity index is 1000. The lowest BCUT2D eigenvalue weighted by Crippen LogP contribution is -2.56. The Morgan fingerprint density at radius 3 is 2.30 bits per heavy atom. The van der Waals surface area contributed by atoms with E-state index in [1.807, 2.05) is 13.8 Å². The van der Waals surface area contributed by atoms with Crippen LogP contribution < -0.4 is 0 Å². The van der Waals surface area contributed by atoms with Gasteiger partial charge in [-0.15, -0.1) is 0 Å². The van der Waals surface area contributed by atoms with Gasteiger partial charge in [0.2, 0.25) is 0 Å². The molecule has 208 valence electrons. The largest absolute Gasteiger partial charge is 0.481 e. The first-order valence-corrected chi connectivity index (χ1v) is 14.5. The minimum Gasteiger partial charge on any atom is -0.481 e. The van der Waals surface area contributed by atoms with E-state index in [0.717, 1.165) is 44.9 Å². The van der Waals surface area contributed by atoms with Crippen molar-refractivity contribution in [3.05, 3.63) is 22.8 Å². The van der Waals surface area contributed by atoms with Gasteiger partial charge >= 0.3 is 11.9 Å². The van der Waals surface area contributed by atoms with Crippen LogP contribution in [0.3, 0.4) is 0 Å². The molecule has 0 heterocycles. The number of carboxylic acids is 1. The van der Waals surface area contributed by atoms with Crippen molar-refractivity contribution < 1.29 is 24.5 Å². The molecule has 1 unspecified atom stereocenters. The molecule has 0 radical (unpaired) electrons. The first-order valence-electron chi connectivity index (χ1n) is 14.5. The van der Waals surface area contributed by atoms with Gasteiger partial charge in [-0.25, -0.2) is 0 Å². The van der Waals surface area contributed by atoms with E-state index in [1.165, 1.54) is 18.1 Å². The molecule has 0 aromatic carbocycles. The maximum atomic E-state index is 12.5. The van der Waals surface area contributed by atoms with Crippen LogP contribution in [-0.2, 0) is 14.3 Å². The highest BCUT2D eigenvalue weighted by atomic mass is 16.5. The number of carbonyl (C=O) groups is 2. The molecule has 4 aliphatic carbocycles. The van der Waals surface area contributed by atoms with Crippen molar-refractivity contribution in [2.75, 3.05) is 0 Å². The number of ether oxygens (including phenoxy) is 1. The Morgan fingerprint density at radius 2 is 1.70 bits per heavy atom. The molecule has 0 bridgehead atoms. The standard InChI is InChI=1S/C32H50O5/c1-19(2)10-9-11-21(28(35)36)27-24(34)18-32(8)23-12-13-25-29(4,5)26(37-20(3)33)15-16-30(25,6)22(23)14-17-31(27,32)7/h10,21,24-27,34H,9,11-18H2,1-8H3,(H,35,36)/t21-,24-,25+,26+,27?,30-,31-,32+/m0/s1.